The van der Waals surface area contributed by atoms with E-state index in [-0.39, 0.29) is 18.8 Å². The number of thiophene rings is 1. The van der Waals surface area contributed by atoms with Gasteiger partial charge in [0.15, 0.2) is 0 Å². The fourth-order valence-corrected chi connectivity index (χ4v) is 2.94. The minimum atomic E-state index is -0.0669. The summed E-state index contributed by atoms with van der Waals surface area (Å²) in [7, 11) is 0. The Morgan fingerprint density at radius 1 is 1.69 bits per heavy atom. The van der Waals surface area contributed by atoms with Crippen LogP contribution in [0.3, 0.4) is 0 Å². The van der Waals surface area contributed by atoms with Crippen molar-refractivity contribution in [1.82, 2.24) is 4.90 Å². The lowest BCUT2D eigenvalue weighted by atomic mass is 10.1. The van der Waals surface area contributed by atoms with E-state index in [1.165, 1.54) is 4.88 Å². The molecule has 1 aromatic heterocycles. The molecule has 1 aromatic rings. The fourth-order valence-electron chi connectivity index (χ4n) is 2.06. The summed E-state index contributed by atoms with van der Waals surface area (Å²) in [6.07, 6.45) is -0.0669. The monoisotopic (exact) mass is 242 g/mol. The maximum absolute atomic E-state index is 9.11. The maximum Gasteiger partial charge on any atom is 0.0933 e. The summed E-state index contributed by atoms with van der Waals surface area (Å²) in [6, 6.07) is 4.43. The molecular weight excluding hydrogens is 224 g/mol. The van der Waals surface area contributed by atoms with Crippen LogP contribution in [-0.4, -0.2) is 49.0 Å². The molecule has 5 heteroatoms. The van der Waals surface area contributed by atoms with Crippen LogP contribution in [0.15, 0.2) is 17.5 Å². The first kappa shape index (κ1) is 12.0. The second kappa shape index (κ2) is 5.75. The molecule has 0 aliphatic carbocycles. The van der Waals surface area contributed by atoms with Gasteiger partial charge in [-0.2, -0.15) is 0 Å². The third-order valence-corrected chi connectivity index (χ3v) is 3.88. The number of hydrogen-bond donors (Lipinski definition) is 2. The molecule has 2 unspecified atom stereocenters. The predicted octanol–water partition coefficient (Wildman–Crippen LogP) is 0.441. The SMILES string of the molecule is NCC(c1cccs1)N1CCOC(CO)C1. The Morgan fingerprint density at radius 3 is 3.19 bits per heavy atom. The number of rotatable bonds is 4. The van der Waals surface area contributed by atoms with E-state index in [4.69, 9.17) is 15.6 Å². The highest BCUT2D eigenvalue weighted by atomic mass is 32.1. The van der Waals surface area contributed by atoms with Crippen molar-refractivity contribution in [1.29, 1.82) is 0 Å². The number of morpholine rings is 1. The van der Waals surface area contributed by atoms with E-state index in [1.807, 2.05) is 6.07 Å². The molecule has 2 atom stereocenters. The van der Waals surface area contributed by atoms with Crippen molar-refractivity contribution in [2.75, 3.05) is 32.8 Å². The van der Waals surface area contributed by atoms with Gasteiger partial charge >= 0.3 is 0 Å². The van der Waals surface area contributed by atoms with Crippen LogP contribution in [0.25, 0.3) is 0 Å². The lowest BCUT2D eigenvalue weighted by molar-refractivity contribution is -0.0639. The number of aliphatic hydroxyl groups is 1. The molecule has 1 aliphatic heterocycles. The van der Waals surface area contributed by atoms with Crippen molar-refractivity contribution in [2.24, 2.45) is 5.73 Å². The van der Waals surface area contributed by atoms with Gasteiger partial charge in [-0.3, -0.25) is 4.90 Å². The molecule has 90 valence electrons. The molecule has 2 rings (SSSR count). The fraction of sp³-hybridized carbons (Fsp3) is 0.636. The Labute approximate surface area is 99.6 Å². The van der Waals surface area contributed by atoms with Gasteiger partial charge < -0.3 is 15.6 Å². The number of nitrogens with zero attached hydrogens (tertiary/aromatic N) is 1. The van der Waals surface area contributed by atoms with Crippen LogP contribution in [-0.2, 0) is 4.74 Å². The van der Waals surface area contributed by atoms with E-state index in [2.05, 4.69) is 16.3 Å². The molecule has 0 spiro atoms. The molecule has 0 aromatic carbocycles. The Balaban J connectivity index is 2.03. The highest BCUT2D eigenvalue weighted by Crippen LogP contribution is 2.25. The van der Waals surface area contributed by atoms with Crippen LogP contribution >= 0.6 is 11.3 Å². The molecule has 0 bridgehead atoms. The second-order valence-corrected chi connectivity index (χ2v) is 4.92. The van der Waals surface area contributed by atoms with Gasteiger partial charge in [0.2, 0.25) is 0 Å². The zero-order valence-electron chi connectivity index (χ0n) is 9.21. The quantitative estimate of drug-likeness (QED) is 0.804. The van der Waals surface area contributed by atoms with E-state index in [9.17, 15) is 0 Å². The molecule has 1 saturated heterocycles. The number of hydrogen-bond acceptors (Lipinski definition) is 5. The number of aliphatic hydroxyl groups excluding tert-OH is 1. The average Bonchev–Trinajstić information content (AvgIpc) is 2.84. The summed E-state index contributed by atoms with van der Waals surface area (Å²) in [6.45, 7) is 3.01. The first-order valence-corrected chi connectivity index (χ1v) is 6.43. The van der Waals surface area contributed by atoms with E-state index < -0.39 is 0 Å². The maximum atomic E-state index is 9.11. The standard InChI is InChI=1S/C11H18N2O2S/c12-6-10(11-2-1-5-16-11)13-3-4-15-9(7-13)8-14/h1-2,5,9-10,14H,3-4,6-8,12H2. The Kier molecular flexibility index (Phi) is 4.31. The summed E-state index contributed by atoms with van der Waals surface area (Å²) in [5.41, 5.74) is 5.84. The Hall–Kier alpha value is -0.460. The van der Waals surface area contributed by atoms with Crippen molar-refractivity contribution < 1.29 is 9.84 Å². The molecule has 1 aliphatic rings. The van der Waals surface area contributed by atoms with Crippen molar-refractivity contribution in [2.45, 2.75) is 12.1 Å². The molecule has 2 heterocycles. The van der Waals surface area contributed by atoms with Crippen molar-refractivity contribution >= 4 is 11.3 Å². The van der Waals surface area contributed by atoms with Gasteiger partial charge in [0.05, 0.1) is 25.4 Å². The largest absolute Gasteiger partial charge is 0.394 e. The second-order valence-electron chi connectivity index (χ2n) is 3.94. The van der Waals surface area contributed by atoms with Gasteiger partial charge in [0, 0.05) is 24.5 Å². The van der Waals surface area contributed by atoms with Crippen LogP contribution in [0.5, 0.6) is 0 Å². The average molecular weight is 242 g/mol. The third kappa shape index (κ3) is 2.61. The minimum Gasteiger partial charge on any atom is -0.394 e. The molecule has 0 radical (unpaired) electrons. The Bertz CT molecular complexity index is 305. The summed E-state index contributed by atoms with van der Waals surface area (Å²) >= 11 is 1.73. The number of nitrogens with two attached hydrogens (primary N) is 1. The van der Waals surface area contributed by atoms with Gasteiger partial charge in [-0.1, -0.05) is 6.07 Å². The molecule has 16 heavy (non-hydrogen) atoms. The van der Waals surface area contributed by atoms with Crippen LogP contribution < -0.4 is 5.73 Å². The van der Waals surface area contributed by atoms with Crippen molar-refractivity contribution in [3.05, 3.63) is 22.4 Å². The first-order valence-electron chi connectivity index (χ1n) is 5.55. The summed E-state index contributed by atoms with van der Waals surface area (Å²) < 4.78 is 5.44. The van der Waals surface area contributed by atoms with Gasteiger partial charge in [-0.25, -0.2) is 0 Å². The topological polar surface area (TPSA) is 58.7 Å². The third-order valence-electron chi connectivity index (χ3n) is 2.91. The van der Waals surface area contributed by atoms with Crippen LogP contribution in [0.2, 0.25) is 0 Å². The van der Waals surface area contributed by atoms with E-state index in [0.29, 0.717) is 13.2 Å². The van der Waals surface area contributed by atoms with Crippen LogP contribution in [0.4, 0.5) is 0 Å². The van der Waals surface area contributed by atoms with Crippen LogP contribution in [0.1, 0.15) is 10.9 Å². The Morgan fingerprint density at radius 2 is 2.56 bits per heavy atom. The van der Waals surface area contributed by atoms with E-state index in [0.717, 1.165) is 13.1 Å². The predicted molar refractivity (Wildman–Crippen MR) is 64.5 cm³/mol. The van der Waals surface area contributed by atoms with Gasteiger partial charge in [0.25, 0.3) is 0 Å². The van der Waals surface area contributed by atoms with Gasteiger partial charge in [-0.15, -0.1) is 11.3 Å². The normalized spacial score (nSPS) is 24.5. The molecule has 0 amide bonds. The molecule has 0 saturated carbocycles. The first-order chi connectivity index (χ1) is 7.85. The summed E-state index contributed by atoms with van der Waals surface area (Å²) in [4.78, 5) is 3.59. The zero-order chi connectivity index (χ0) is 11.4. The molecule has 4 nitrogen and oxygen atoms in total. The van der Waals surface area contributed by atoms with Gasteiger partial charge in [-0.05, 0) is 11.4 Å². The zero-order valence-corrected chi connectivity index (χ0v) is 10.0. The number of ether oxygens (including phenoxy) is 1. The highest BCUT2D eigenvalue weighted by molar-refractivity contribution is 7.10. The van der Waals surface area contributed by atoms with Crippen molar-refractivity contribution in [3.8, 4) is 0 Å². The van der Waals surface area contributed by atoms with Crippen LogP contribution in [0, 0.1) is 0 Å². The summed E-state index contributed by atoms with van der Waals surface area (Å²) in [5, 5.41) is 11.2. The smallest absolute Gasteiger partial charge is 0.0933 e. The molecule has 1 fully saturated rings. The lowest BCUT2D eigenvalue weighted by Gasteiger charge is -2.36. The van der Waals surface area contributed by atoms with Gasteiger partial charge in [0.1, 0.15) is 0 Å². The minimum absolute atomic E-state index is 0.0669. The summed E-state index contributed by atoms with van der Waals surface area (Å²) in [5.74, 6) is 0. The lowest BCUT2D eigenvalue weighted by Crippen LogP contribution is -2.47. The highest BCUT2D eigenvalue weighted by Gasteiger charge is 2.26. The van der Waals surface area contributed by atoms with E-state index in [1.54, 1.807) is 11.3 Å². The van der Waals surface area contributed by atoms with E-state index >= 15 is 0 Å². The molecular formula is C11H18N2O2S. The molecule has 3 N–H and O–H groups in total. The van der Waals surface area contributed by atoms with Crippen molar-refractivity contribution in [3.63, 3.8) is 0 Å².